The molecule has 0 aliphatic heterocycles. The Bertz CT molecular complexity index is 194. The quantitative estimate of drug-likeness (QED) is 0.535. The highest BCUT2D eigenvalue weighted by molar-refractivity contribution is 5.76. The van der Waals surface area contributed by atoms with Crippen molar-refractivity contribution in [3.05, 3.63) is 0 Å². The molecule has 1 amide bonds. The van der Waals surface area contributed by atoms with E-state index < -0.39 is 11.9 Å². The van der Waals surface area contributed by atoms with Crippen LogP contribution in [0.25, 0.3) is 0 Å². The molecule has 0 bridgehead atoms. The van der Waals surface area contributed by atoms with Gasteiger partial charge in [-0.3, -0.25) is 9.59 Å². The fourth-order valence-electron chi connectivity index (χ4n) is 0.878. The van der Waals surface area contributed by atoms with Gasteiger partial charge in [0.2, 0.25) is 5.91 Å². The van der Waals surface area contributed by atoms with Crippen molar-refractivity contribution in [3.8, 4) is 0 Å². The molecular formula is C9H18N2O3. The van der Waals surface area contributed by atoms with Crippen molar-refractivity contribution < 1.29 is 14.7 Å². The van der Waals surface area contributed by atoms with E-state index in [0.717, 1.165) is 0 Å². The largest absolute Gasteiger partial charge is 0.481 e. The van der Waals surface area contributed by atoms with Crippen LogP contribution in [-0.2, 0) is 9.59 Å². The summed E-state index contributed by atoms with van der Waals surface area (Å²) >= 11 is 0. The van der Waals surface area contributed by atoms with Crippen LogP contribution in [0, 0.1) is 5.92 Å². The van der Waals surface area contributed by atoms with Gasteiger partial charge in [-0.2, -0.15) is 0 Å². The molecule has 0 aliphatic rings. The number of carboxylic acids is 1. The molecule has 0 fully saturated rings. The Balaban J connectivity index is 3.44. The molecule has 0 radical (unpaired) electrons. The van der Waals surface area contributed by atoms with Crippen molar-refractivity contribution in [1.29, 1.82) is 0 Å². The van der Waals surface area contributed by atoms with Crippen molar-refractivity contribution in [2.45, 2.75) is 19.8 Å². The van der Waals surface area contributed by atoms with E-state index >= 15 is 0 Å². The summed E-state index contributed by atoms with van der Waals surface area (Å²) in [6, 6.07) is 0. The number of hydrogen-bond donors (Lipinski definition) is 3. The zero-order chi connectivity index (χ0) is 11.0. The summed E-state index contributed by atoms with van der Waals surface area (Å²) in [6.45, 7) is 2.69. The standard InChI is InChI=1S/C9H18N2O3/c1-7(9(13)14)3-6-11-8(12)4-5-10-2/h7,10H,3-6H2,1-2H3,(H,11,12)(H,13,14). The van der Waals surface area contributed by atoms with Gasteiger partial charge in [0.1, 0.15) is 0 Å². The number of hydrogen-bond acceptors (Lipinski definition) is 3. The van der Waals surface area contributed by atoms with Crippen LogP contribution in [-0.4, -0.2) is 37.1 Å². The van der Waals surface area contributed by atoms with E-state index in [1.165, 1.54) is 0 Å². The van der Waals surface area contributed by atoms with Gasteiger partial charge < -0.3 is 15.7 Å². The van der Waals surface area contributed by atoms with E-state index in [0.29, 0.717) is 25.9 Å². The molecule has 0 rings (SSSR count). The SMILES string of the molecule is CNCCC(=O)NCCC(C)C(=O)O. The molecule has 0 aromatic carbocycles. The van der Waals surface area contributed by atoms with Crippen LogP contribution in [0.5, 0.6) is 0 Å². The third kappa shape index (κ3) is 6.42. The number of carbonyl (C=O) groups excluding carboxylic acids is 1. The average molecular weight is 202 g/mol. The Hall–Kier alpha value is -1.10. The molecule has 1 atom stereocenters. The van der Waals surface area contributed by atoms with Crippen LogP contribution in [0.1, 0.15) is 19.8 Å². The zero-order valence-corrected chi connectivity index (χ0v) is 8.67. The van der Waals surface area contributed by atoms with Crippen LogP contribution in [0.2, 0.25) is 0 Å². The number of carbonyl (C=O) groups is 2. The predicted molar refractivity (Wildman–Crippen MR) is 53.0 cm³/mol. The molecule has 0 aromatic heterocycles. The molecule has 5 heteroatoms. The lowest BCUT2D eigenvalue weighted by Gasteiger charge is -2.07. The van der Waals surface area contributed by atoms with Crippen LogP contribution >= 0.6 is 0 Å². The summed E-state index contributed by atoms with van der Waals surface area (Å²) in [4.78, 5) is 21.5. The Morgan fingerprint density at radius 3 is 2.50 bits per heavy atom. The van der Waals surface area contributed by atoms with Gasteiger partial charge in [-0.15, -0.1) is 0 Å². The van der Waals surface area contributed by atoms with Crippen LogP contribution in [0.15, 0.2) is 0 Å². The summed E-state index contributed by atoms with van der Waals surface area (Å²) in [5.74, 6) is -1.27. The van der Waals surface area contributed by atoms with Gasteiger partial charge >= 0.3 is 5.97 Å². The second-order valence-electron chi connectivity index (χ2n) is 3.23. The van der Waals surface area contributed by atoms with Gasteiger partial charge in [-0.25, -0.2) is 0 Å². The normalized spacial score (nSPS) is 12.1. The Labute approximate surface area is 83.9 Å². The van der Waals surface area contributed by atoms with Gasteiger partial charge in [0.05, 0.1) is 5.92 Å². The monoisotopic (exact) mass is 202 g/mol. The first-order valence-corrected chi connectivity index (χ1v) is 4.72. The van der Waals surface area contributed by atoms with Crippen molar-refractivity contribution in [2.24, 2.45) is 5.92 Å². The molecule has 82 valence electrons. The van der Waals surface area contributed by atoms with Crippen molar-refractivity contribution >= 4 is 11.9 Å². The third-order valence-corrected chi connectivity index (χ3v) is 1.92. The molecule has 0 heterocycles. The van der Waals surface area contributed by atoms with Crippen molar-refractivity contribution in [2.75, 3.05) is 20.1 Å². The van der Waals surface area contributed by atoms with Gasteiger partial charge in [0.25, 0.3) is 0 Å². The summed E-state index contributed by atoms with van der Waals surface area (Å²) in [6.07, 6.45) is 0.901. The second kappa shape index (κ2) is 7.32. The van der Waals surface area contributed by atoms with Crippen LogP contribution in [0.3, 0.4) is 0 Å². The van der Waals surface area contributed by atoms with Crippen molar-refractivity contribution in [1.82, 2.24) is 10.6 Å². The minimum atomic E-state index is -0.825. The number of rotatable bonds is 7. The molecule has 14 heavy (non-hydrogen) atoms. The summed E-state index contributed by atoms with van der Waals surface area (Å²) < 4.78 is 0. The molecular weight excluding hydrogens is 184 g/mol. The molecule has 3 N–H and O–H groups in total. The van der Waals surface area contributed by atoms with Gasteiger partial charge in [-0.05, 0) is 13.5 Å². The summed E-state index contributed by atoms with van der Waals surface area (Å²) in [5.41, 5.74) is 0. The lowest BCUT2D eigenvalue weighted by atomic mass is 10.1. The highest BCUT2D eigenvalue weighted by Crippen LogP contribution is 1.99. The fraction of sp³-hybridized carbons (Fsp3) is 0.778. The van der Waals surface area contributed by atoms with E-state index in [2.05, 4.69) is 10.6 Å². The fourth-order valence-corrected chi connectivity index (χ4v) is 0.878. The smallest absolute Gasteiger partial charge is 0.306 e. The molecule has 0 saturated carbocycles. The Kier molecular flexibility index (Phi) is 6.74. The maximum atomic E-state index is 11.1. The number of carboxylic acid groups (broad SMARTS) is 1. The lowest BCUT2D eigenvalue weighted by molar-refractivity contribution is -0.141. The average Bonchev–Trinajstić information content (AvgIpc) is 2.14. The number of amides is 1. The molecule has 0 aromatic rings. The van der Waals surface area contributed by atoms with Crippen molar-refractivity contribution in [3.63, 3.8) is 0 Å². The summed E-state index contributed by atoms with van der Waals surface area (Å²) in [7, 11) is 1.78. The second-order valence-corrected chi connectivity index (χ2v) is 3.23. The van der Waals surface area contributed by atoms with E-state index in [1.54, 1.807) is 14.0 Å². The first-order valence-electron chi connectivity index (χ1n) is 4.72. The zero-order valence-electron chi connectivity index (χ0n) is 8.67. The highest BCUT2D eigenvalue weighted by Gasteiger charge is 2.10. The Morgan fingerprint density at radius 1 is 1.36 bits per heavy atom. The van der Waals surface area contributed by atoms with E-state index in [4.69, 9.17) is 5.11 Å². The molecule has 0 saturated heterocycles. The molecule has 0 spiro atoms. The van der Waals surface area contributed by atoms with E-state index in [9.17, 15) is 9.59 Å². The minimum Gasteiger partial charge on any atom is -0.481 e. The first kappa shape index (κ1) is 12.9. The highest BCUT2D eigenvalue weighted by atomic mass is 16.4. The lowest BCUT2D eigenvalue weighted by Crippen LogP contribution is -2.29. The molecule has 0 aliphatic carbocycles. The maximum Gasteiger partial charge on any atom is 0.306 e. The number of aliphatic carboxylic acids is 1. The molecule has 1 unspecified atom stereocenters. The van der Waals surface area contributed by atoms with Gasteiger partial charge in [0.15, 0.2) is 0 Å². The number of nitrogens with one attached hydrogen (secondary N) is 2. The maximum absolute atomic E-state index is 11.1. The Morgan fingerprint density at radius 2 is 2.00 bits per heavy atom. The van der Waals surface area contributed by atoms with Crippen LogP contribution < -0.4 is 10.6 Å². The molecule has 5 nitrogen and oxygen atoms in total. The topological polar surface area (TPSA) is 78.4 Å². The third-order valence-electron chi connectivity index (χ3n) is 1.92. The van der Waals surface area contributed by atoms with Gasteiger partial charge in [-0.1, -0.05) is 6.92 Å². The van der Waals surface area contributed by atoms with E-state index in [-0.39, 0.29) is 5.91 Å². The van der Waals surface area contributed by atoms with E-state index in [1.807, 2.05) is 0 Å². The van der Waals surface area contributed by atoms with Gasteiger partial charge in [0, 0.05) is 19.5 Å². The van der Waals surface area contributed by atoms with Crippen LogP contribution in [0.4, 0.5) is 0 Å². The first-order chi connectivity index (χ1) is 6.57. The summed E-state index contributed by atoms with van der Waals surface area (Å²) in [5, 5.41) is 14.1. The minimum absolute atomic E-state index is 0.0445. The predicted octanol–water partition coefficient (Wildman–Crippen LogP) is -0.177.